The highest BCUT2D eigenvalue weighted by atomic mass is 79.9. The molecule has 124 valence electrons. The summed E-state index contributed by atoms with van der Waals surface area (Å²) in [5.74, 6) is 0.856. The fraction of sp³-hybridized carbons (Fsp3) is 0.250. The van der Waals surface area contributed by atoms with Crippen molar-refractivity contribution in [3.8, 4) is 11.1 Å². The Bertz CT molecular complexity index is 833. The van der Waals surface area contributed by atoms with Crippen molar-refractivity contribution in [2.24, 2.45) is 0 Å². The first-order chi connectivity index (χ1) is 11.5. The van der Waals surface area contributed by atoms with E-state index in [1.807, 2.05) is 13.8 Å². The SMILES string of the molecule is CCN(c1ccc(Br)cc1)c1cc(-c2c(C)noc2C)ccc1C. The van der Waals surface area contributed by atoms with Gasteiger partial charge < -0.3 is 9.42 Å². The van der Waals surface area contributed by atoms with Crippen molar-refractivity contribution in [3.63, 3.8) is 0 Å². The molecule has 0 saturated heterocycles. The zero-order chi connectivity index (χ0) is 17.3. The molecule has 24 heavy (non-hydrogen) atoms. The van der Waals surface area contributed by atoms with Gasteiger partial charge in [-0.05, 0) is 69.2 Å². The van der Waals surface area contributed by atoms with Gasteiger partial charge in [-0.25, -0.2) is 0 Å². The molecule has 0 bridgehead atoms. The summed E-state index contributed by atoms with van der Waals surface area (Å²) in [5.41, 5.74) is 6.78. The molecule has 0 spiro atoms. The first-order valence-corrected chi connectivity index (χ1v) is 8.87. The molecule has 4 heteroatoms. The summed E-state index contributed by atoms with van der Waals surface area (Å²) in [4.78, 5) is 2.32. The molecule has 0 radical (unpaired) electrons. The van der Waals surface area contributed by atoms with Crippen LogP contribution in [0.3, 0.4) is 0 Å². The van der Waals surface area contributed by atoms with Crippen LogP contribution in [0.1, 0.15) is 23.9 Å². The van der Waals surface area contributed by atoms with Gasteiger partial charge in [0, 0.05) is 28.0 Å². The number of benzene rings is 2. The van der Waals surface area contributed by atoms with Gasteiger partial charge in [0.2, 0.25) is 0 Å². The van der Waals surface area contributed by atoms with Gasteiger partial charge >= 0.3 is 0 Å². The summed E-state index contributed by atoms with van der Waals surface area (Å²) in [5, 5.41) is 4.08. The standard InChI is InChI=1S/C20H21BrN2O/c1-5-23(18-10-8-17(21)9-11-18)19-12-16(7-6-13(19)2)20-14(3)22-24-15(20)4/h6-12H,5H2,1-4H3. The predicted molar refractivity (Wildman–Crippen MR) is 103 cm³/mol. The lowest BCUT2D eigenvalue weighted by atomic mass is 10.0. The highest BCUT2D eigenvalue weighted by Crippen LogP contribution is 2.35. The molecule has 0 N–H and O–H groups in total. The molecule has 0 aliphatic carbocycles. The zero-order valence-electron chi connectivity index (χ0n) is 14.4. The minimum Gasteiger partial charge on any atom is -0.361 e. The third-order valence-corrected chi connectivity index (χ3v) is 4.81. The van der Waals surface area contributed by atoms with Crippen molar-refractivity contribution in [2.45, 2.75) is 27.7 Å². The Balaban J connectivity index is 2.09. The van der Waals surface area contributed by atoms with Crippen LogP contribution in [0.4, 0.5) is 11.4 Å². The smallest absolute Gasteiger partial charge is 0.141 e. The van der Waals surface area contributed by atoms with Crippen molar-refractivity contribution in [1.82, 2.24) is 5.16 Å². The number of nitrogens with zero attached hydrogens (tertiary/aromatic N) is 2. The van der Waals surface area contributed by atoms with Crippen molar-refractivity contribution >= 4 is 27.3 Å². The van der Waals surface area contributed by atoms with E-state index >= 15 is 0 Å². The molecule has 0 amide bonds. The average Bonchev–Trinajstić information content (AvgIpc) is 2.90. The molecule has 0 aliphatic rings. The van der Waals surface area contributed by atoms with Gasteiger partial charge in [0.25, 0.3) is 0 Å². The first kappa shape index (κ1) is 16.8. The zero-order valence-corrected chi connectivity index (χ0v) is 16.0. The highest BCUT2D eigenvalue weighted by Gasteiger charge is 2.15. The number of hydrogen-bond donors (Lipinski definition) is 0. The van der Waals surface area contributed by atoms with Crippen LogP contribution in [-0.4, -0.2) is 11.7 Å². The molecule has 0 saturated carbocycles. The number of hydrogen-bond acceptors (Lipinski definition) is 3. The van der Waals surface area contributed by atoms with E-state index in [2.05, 4.69) is 82.3 Å². The largest absolute Gasteiger partial charge is 0.361 e. The normalized spacial score (nSPS) is 10.9. The van der Waals surface area contributed by atoms with Crippen LogP contribution in [0.5, 0.6) is 0 Å². The Hall–Kier alpha value is -2.07. The summed E-state index contributed by atoms with van der Waals surface area (Å²) in [6.07, 6.45) is 0. The summed E-state index contributed by atoms with van der Waals surface area (Å²) >= 11 is 3.51. The molecule has 3 aromatic rings. The van der Waals surface area contributed by atoms with Crippen LogP contribution >= 0.6 is 15.9 Å². The Labute approximate surface area is 151 Å². The van der Waals surface area contributed by atoms with Gasteiger partial charge in [-0.3, -0.25) is 0 Å². The maximum Gasteiger partial charge on any atom is 0.141 e. The summed E-state index contributed by atoms with van der Waals surface area (Å²) in [6.45, 7) is 9.16. The number of anilines is 2. The van der Waals surface area contributed by atoms with E-state index < -0.39 is 0 Å². The van der Waals surface area contributed by atoms with Crippen molar-refractivity contribution in [3.05, 3.63) is 64.0 Å². The Morgan fingerprint density at radius 1 is 1.04 bits per heavy atom. The first-order valence-electron chi connectivity index (χ1n) is 8.08. The number of aryl methyl sites for hydroxylation is 3. The molecular formula is C20H21BrN2O. The second-order valence-corrected chi connectivity index (χ2v) is 6.84. The fourth-order valence-electron chi connectivity index (χ4n) is 3.06. The van der Waals surface area contributed by atoms with Gasteiger partial charge in [0.05, 0.1) is 5.69 Å². The van der Waals surface area contributed by atoms with Crippen molar-refractivity contribution < 1.29 is 4.52 Å². The molecule has 3 rings (SSSR count). The summed E-state index contributed by atoms with van der Waals surface area (Å²) in [7, 11) is 0. The topological polar surface area (TPSA) is 29.3 Å². The van der Waals surface area contributed by atoms with E-state index in [0.717, 1.165) is 33.6 Å². The quantitative estimate of drug-likeness (QED) is 0.536. The van der Waals surface area contributed by atoms with E-state index in [9.17, 15) is 0 Å². The lowest BCUT2D eigenvalue weighted by molar-refractivity contribution is 0.393. The van der Waals surface area contributed by atoms with Crippen LogP contribution in [0.25, 0.3) is 11.1 Å². The number of aromatic nitrogens is 1. The Kier molecular flexibility index (Phi) is 4.76. The maximum absolute atomic E-state index is 5.34. The second-order valence-electron chi connectivity index (χ2n) is 5.92. The lowest BCUT2D eigenvalue weighted by Gasteiger charge is -2.26. The number of rotatable bonds is 4. The lowest BCUT2D eigenvalue weighted by Crippen LogP contribution is -2.17. The number of halogens is 1. The Morgan fingerprint density at radius 2 is 1.75 bits per heavy atom. The minimum atomic E-state index is 0.856. The summed E-state index contributed by atoms with van der Waals surface area (Å²) < 4.78 is 6.42. The van der Waals surface area contributed by atoms with E-state index in [0.29, 0.717) is 0 Å². The van der Waals surface area contributed by atoms with Crippen LogP contribution < -0.4 is 4.90 Å². The fourth-order valence-corrected chi connectivity index (χ4v) is 3.33. The predicted octanol–water partition coefficient (Wildman–Crippen LogP) is 6.19. The average molecular weight is 385 g/mol. The summed E-state index contributed by atoms with van der Waals surface area (Å²) in [6, 6.07) is 15.0. The molecule has 1 aromatic heterocycles. The van der Waals surface area contributed by atoms with Crippen LogP contribution in [0, 0.1) is 20.8 Å². The Morgan fingerprint density at radius 3 is 2.33 bits per heavy atom. The monoisotopic (exact) mass is 384 g/mol. The van der Waals surface area contributed by atoms with Crippen molar-refractivity contribution in [2.75, 3.05) is 11.4 Å². The van der Waals surface area contributed by atoms with E-state index in [4.69, 9.17) is 4.52 Å². The molecule has 1 heterocycles. The van der Waals surface area contributed by atoms with Gasteiger partial charge in [-0.15, -0.1) is 0 Å². The van der Waals surface area contributed by atoms with Gasteiger partial charge in [0.15, 0.2) is 0 Å². The molecule has 0 aliphatic heterocycles. The third kappa shape index (κ3) is 3.11. The maximum atomic E-state index is 5.34. The molecular weight excluding hydrogens is 364 g/mol. The highest BCUT2D eigenvalue weighted by molar-refractivity contribution is 9.10. The van der Waals surface area contributed by atoms with Crippen LogP contribution in [0.2, 0.25) is 0 Å². The molecule has 3 nitrogen and oxygen atoms in total. The van der Waals surface area contributed by atoms with Gasteiger partial charge in [0.1, 0.15) is 5.76 Å². The van der Waals surface area contributed by atoms with E-state index in [1.54, 1.807) is 0 Å². The van der Waals surface area contributed by atoms with Gasteiger partial charge in [-0.1, -0.05) is 33.2 Å². The van der Waals surface area contributed by atoms with E-state index in [1.165, 1.54) is 16.9 Å². The van der Waals surface area contributed by atoms with Crippen LogP contribution in [-0.2, 0) is 0 Å². The van der Waals surface area contributed by atoms with Gasteiger partial charge in [-0.2, -0.15) is 0 Å². The van der Waals surface area contributed by atoms with Crippen LogP contribution in [0.15, 0.2) is 51.5 Å². The third-order valence-electron chi connectivity index (χ3n) is 4.28. The van der Waals surface area contributed by atoms with E-state index in [-0.39, 0.29) is 0 Å². The minimum absolute atomic E-state index is 0.856. The molecule has 0 unspecified atom stereocenters. The van der Waals surface area contributed by atoms with Crippen molar-refractivity contribution in [1.29, 1.82) is 0 Å². The molecule has 0 atom stereocenters. The second kappa shape index (κ2) is 6.81. The molecule has 0 fully saturated rings. The molecule has 2 aromatic carbocycles.